The van der Waals surface area contributed by atoms with E-state index in [1.54, 1.807) is 0 Å². The first-order valence-corrected chi connectivity index (χ1v) is 18.5. The average Bonchev–Trinajstić information content (AvgIpc) is 3.59. The molecule has 0 spiro atoms. The molecule has 2 heteroatoms. The van der Waals surface area contributed by atoms with E-state index >= 15 is 0 Å². The fraction of sp³-hybridized carbons (Fsp3) is 0. The Kier molecular flexibility index (Phi) is 7.85. The Balaban J connectivity index is 1.27. The van der Waals surface area contributed by atoms with Gasteiger partial charge in [0, 0.05) is 27.6 Å². The number of fused-ring (bicyclic) bond motifs is 4. The van der Waals surface area contributed by atoms with Crippen LogP contribution in [0.2, 0.25) is 0 Å². The first-order chi connectivity index (χ1) is 26.8. The van der Waals surface area contributed by atoms with E-state index in [1.165, 1.54) is 60.4 Å². The van der Waals surface area contributed by atoms with E-state index < -0.39 is 0 Å². The van der Waals surface area contributed by atoms with Crippen LogP contribution in [-0.2, 0) is 0 Å². The highest BCUT2D eigenvalue weighted by atomic mass is 15.2. The molecule has 2 nitrogen and oxygen atoms in total. The van der Waals surface area contributed by atoms with Crippen molar-refractivity contribution in [3.63, 3.8) is 0 Å². The van der Waals surface area contributed by atoms with Gasteiger partial charge in [0.25, 0.3) is 0 Å². The molecule has 0 fully saturated rings. The minimum atomic E-state index is 1.11. The largest absolute Gasteiger partial charge is 0.309 e. The van der Waals surface area contributed by atoms with Crippen LogP contribution in [0.4, 0.5) is 17.1 Å². The van der Waals surface area contributed by atoms with Crippen molar-refractivity contribution in [3.05, 3.63) is 218 Å². The van der Waals surface area contributed by atoms with Gasteiger partial charge in [-0.15, -0.1) is 0 Å². The summed E-state index contributed by atoms with van der Waals surface area (Å²) in [5.74, 6) is 0. The van der Waals surface area contributed by atoms with Crippen LogP contribution in [0.15, 0.2) is 218 Å². The van der Waals surface area contributed by atoms with Gasteiger partial charge in [-0.25, -0.2) is 0 Å². The number of benzene rings is 9. The van der Waals surface area contributed by atoms with Crippen LogP contribution in [-0.4, -0.2) is 4.57 Å². The van der Waals surface area contributed by atoms with Gasteiger partial charge < -0.3 is 9.47 Å². The Morgan fingerprint density at radius 3 is 1.69 bits per heavy atom. The fourth-order valence-corrected chi connectivity index (χ4v) is 8.18. The highest BCUT2D eigenvalue weighted by Gasteiger charge is 2.24. The zero-order chi connectivity index (χ0) is 35.8. The highest BCUT2D eigenvalue weighted by molar-refractivity contribution is 6.17. The number of hydrogen-bond acceptors (Lipinski definition) is 1. The van der Waals surface area contributed by atoms with Crippen molar-refractivity contribution >= 4 is 49.6 Å². The quantitative estimate of drug-likeness (QED) is 0.162. The molecule has 0 bridgehead atoms. The number of hydrogen-bond donors (Lipinski definition) is 0. The Bertz CT molecular complexity index is 2940. The number of para-hydroxylation sites is 3. The van der Waals surface area contributed by atoms with Crippen molar-refractivity contribution in [2.45, 2.75) is 0 Å². The smallest absolute Gasteiger partial charge is 0.0562 e. The van der Waals surface area contributed by atoms with E-state index in [4.69, 9.17) is 0 Å². The average molecular weight is 689 g/mol. The van der Waals surface area contributed by atoms with Gasteiger partial charge in [0.05, 0.1) is 28.1 Å². The molecule has 254 valence electrons. The molecule has 1 aromatic heterocycles. The molecule has 10 aromatic rings. The summed E-state index contributed by atoms with van der Waals surface area (Å²) < 4.78 is 2.47. The fourth-order valence-electron chi connectivity index (χ4n) is 8.18. The summed E-state index contributed by atoms with van der Waals surface area (Å²) in [6.07, 6.45) is 0. The van der Waals surface area contributed by atoms with E-state index in [0.717, 1.165) is 28.3 Å². The normalized spacial score (nSPS) is 11.3. The van der Waals surface area contributed by atoms with Gasteiger partial charge in [-0.3, -0.25) is 0 Å². The molecule has 0 saturated heterocycles. The van der Waals surface area contributed by atoms with E-state index in [2.05, 4.69) is 228 Å². The summed E-state index contributed by atoms with van der Waals surface area (Å²) in [5, 5.41) is 4.84. The second-order valence-corrected chi connectivity index (χ2v) is 13.7. The summed E-state index contributed by atoms with van der Waals surface area (Å²) in [5.41, 5.74) is 14.0. The molecule has 0 aliphatic rings. The second kappa shape index (κ2) is 13.4. The summed E-state index contributed by atoms with van der Waals surface area (Å²) >= 11 is 0. The molecule has 0 aliphatic carbocycles. The van der Waals surface area contributed by atoms with Crippen molar-refractivity contribution in [2.75, 3.05) is 4.90 Å². The van der Waals surface area contributed by atoms with Crippen LogP contribution in [0.3, 0.4) is 0 Å². The lowest BCUT2D eigenvalue weighted by atomic mass is 9.93. The van der Waals surface area contributed by atoms with Gasteiger partial charge in [0.1, 0.15) is 0 Å². The SMILES string of the molecule is c1ccc(-c2ccccc2-c2ccccc2-n2c3ccccc3c3c(N(c4ccc5ccccc5c4)c4ccccc4-c4ccccc4)cccc32)cc1. The standard InChI is InChI=1S/C52H36N2/c1-3-19-38(20-4-1)42-24-9-10-26-44(42)45-27-12-15-30-48(45)54-49-31-16-13-28-46(49)52-50(32-17-33-51(52)54)53(41-35-34-37-18-7-8-23-40(37)36-41)47-29-14-11-25-43(47)39-21-5-2-6-22-39/h1-36H. The molecule has 10 rings (SSSR count). The zero-order valence-electron chi connectivity index (χ0n) is 29.7. The van der Waals surface area contributed by atoms with Crippen LogP contribution in [0, 0.1) is 0 Å². The number of rotatable bonds is 7. The third kappa shape index (κ3) is 5.36. The van der Waals surface area contributed by atoms with Crippen molar-refractivity contribution in [3.8, 4) is 39.1 Å². The lowest BCUT2D eigenvalue weighted by Gasteiger charge is -2.29. The molecule has 0 radical (unpaired) electrons. The number of anilines is 3. The first-order valence-electron chi connectivity index (χ1n) is 18.5. The van der Waals surface area contributed by atoms with Crippen molar-refractivity contribution < 1.29 is 0 Å². The first kappa shape index (κ1) is 31.6. The minimum Gasteiger partial charge on any atom is -0.309 e. The zero-order valence-corrected chi connectivity index (χ0v) is 29.7. The Morgan fingerprint density at radius 1 is 0.333 bits per heavy atom. The topological polar surface area (TPSA) is 8.17 Å². The minimum absolute atomic E-state index is 1.11. The molecule has 9 aromatic carbocycles. The summed E-state index contributed by atoms with van der Waals surface area (Å²) in [6, 6.07) is 78.9. The predicted molar refractivity (Wildman–Crippen MR) is 229 cm³/mol. The summed E-state index contributed by atoms with van der Waals surface area (Å²) in [7, 11) is 0. The number of aromatic nitrogens is 1. The molecular formula is C52H36N2. The Morgan fingerprint density at radius 2 is 0.889 bits per heavy atom. The van der Waals surface area contributed by atoms with Gasteiger partial charge in [-0.05, 0) is 75.5 Å². The van der Waals surface area contributed by atoms with Gasteiger partial charge >= 0.3 is 0 Å². The van der Waals surface area contributed by atoms with E-state index in [9.17, 15) is 0 Å². The van der Waals surface area contributed by atoms with Crippen LogP contribution >= 0.6 is 0 Å². The summed E-state index contributed by atoms with van der Waals surface area (Å²) in [4.78, 5) is 2.46. The monoisotopic (exact) mass is 688 g/mol. The maximum atomic E-state index is 2.47. The van der Waals surface area contributed by atoms with Crippen LogP contribution < -0.4 is 4.90 Å². The third-order valence-electron chi connectivity index (χ3n) is 10.6. The molecule has 54 heavy (non-hydrogen) atoms. The van der Waals surface area contributed by atoms with Gasteiger partial charge in [-0.2, -0.15) is 0 Å². The molecule has 0 N–H and O–H groups in total. The predicted octanol–water partition coefficient (Wildman–Crippen LogP) is 14.4. The molecule has 0 atom stereocenters. The second-order valence-electron chi connectivity index (χ2n) is 13.7. The molecular weight excluding hydrogens is 653 g/mol. The Hall–Kier alpha value is -7.16. The van der Waals surface area contributed by atoms with E-state index in [0.29, 0.717) is 0 Å². The van der Waals surface area contributed by atoms with Crippen LogP contribution in [0.1, 0.15) is 0 Å². The molecule has 0 saturated carbocycles. The third-order valence-corrected chi connectivity index (χ3v) is 10.6. The summed E-state index contributed by atoms with van der Waals surface area (Å²) in [6.45, 7) is 0. The molecule has 0 unspecified atom stereocenters. The molecule has 0 aliphatic heterocycles. The van der Waals surface area contributed by atoms with Crippen molar-refractivity contribution in [2.24, 2.45) is 0 Å². The lowest BCUT2D eigenvalue weighted by molar-refractivity contribution is 1.18. The van der Waals surface area contributed by atoms with Crippen molar-refractivity contribution in [1.82, 2.24) is 4.57 Å². The molecule has 0 amide bonds. The van der Waals surface area contributed by atoms with Crippen molar-refractivity contribution in [1.29, 1.82) is 0 Å². The molecule has 1 heterocycles. The van der Waals surface area contributed by atoms with Gasteiger partial charge in [0.15, 0.2) is 0 Å². The maximum Gasteiger partial charge on any atom is 0.0562 e. The maximum absolute atomic E-state index is 2.47. The lowest BCUT2D eigenvalue weighted by Crippen LogP contribution is -2.11. The Labute approximate surface area is 315 Å². The van der Waals surface area contributed by atoms with E-state index in [1.807, 2.05) is 0 Å². The van der Waals surface area contributed by atoms with E-state index in [-0.39, 0.29) is 0 Å². The van der Waals surface area contributed by atoms with Gasteiger partial charge in [-0.1, -0.05) is 176 Å². The number of nitrogens with zero attached hydrogens (tertiary/aromatic N) is 2. The van der Waals surface area contributed by atoms with Crippen LogP contribution in [0.25, 0.3) is 71.6 Å². The van der Waals surface area contributed by atoms with Gasteiger partial charge in [0.2, 0.25) is 0 Å². The van der Waals surface area contributed by atoms with Crippen LogP contribution in [0.5, 0.6) is 0 Å². The highest BCUT2D eigenvalue weighted by Crippen LogP contribution is 2.47.